The van der Waals surface area contributed by atoms with Gasteiger partial charge in [0.1, 0.15) is 24.2 Å². The van der Waals surface area contributed by atoms with Crippen molar-refractivity contribution in [3.8, 4) is 5.75 Å². The summed E-state index contributed by atoms with van der Waals surface area (Å²) >= 11 is 5.97. The van der Waals surface area contributed by atoms with Crippen LogP contribution in [0, 0.1) is 0 Å². The molecule has 104 valence electrons. The number of rotatable bonds is 5. The van der Waals surface area contributed by atoms with Crippen LogP contribution in [0.2, 0.25) is 5.02 Å². The standard InChI is InChI=1S/C13H11ClN2O4/c1-16-11(9(5-15-16)13(18)19)7-20-12-3-2-8(6-17)4-10(12)14/h2-6H,7H2,1H3,(H,18,19). The number of nitrogens with zero attached hydrogens (tertiary/aromatic N) is 2. The number of aryl methyl sites for hydroxylation is 1. The fraction of sp³-hybridized carbons (Fsp3) is 0.154. The lowest BCUT2D eigenvalue weighted by Gasteiger charge is -2.09. The minimum Gasteiger partial charge on any atom is -0.486 e. The Morgan fingerprint density at radius 1 is 1.55 bits per heavy atom. The van der Waals surface area contributed by atoms with Gasteiger partial charge in [0.05, 0.1) is 16.9 Å². The molecule has 0 spiro atoms. The normalized spacial score (nSPS) is 10.3. The molecule has 0 amide bonds. The fourth-order valence-corrected chi connectivity index (χ4v) is 1.91. The third-order valence-corrected chi connectivity index (χ3v) is 3.04. The fourth-order valence-electron chi connectivity index (χ4n) is 1.67. The molecule has 0 saturated heterocycles. The quantitative estimate of drug-likeness (QED) is 0.855. The van der Waals surface area contributed by atoms with Gasteiger partial charge in [-0.1, -0.05) is 11.6 Å². The second kappa shape index (κ2) is 5.75. The zero-order valence-corrected chi connectivity index (χ0v) is 11.3. The monoisotopic (exact) mass is 294 g/mol. The molecule has 1 heterocycles. The average molecular weight is 295 g/mol. The lowest BCUT2D eigenvalue weighted by Crippen LogP contribution is -2.08. The molecule has 1 aromatic carbocycles. The predicted octanol–water partition coefficient (Wildman–Crippen LogP) is 2.16. The molecule has 6 nitrogen and oxygen atoms in total. The van der Waals surface area contributed by atoms with E-state index in [1.807, 2.05) is 0 Å². The van der Waals surface area contributed by atoms with Gasteiger partial charge >= 0.3 is 5.97 Å². The molecular formula is C13H11ClN2O4. The summed E-state index contributed by atoms with van der Waals surface area (Å²) in [5.74, 6) is -0.700. The number of aromatic carboxylic acids is 1. The van der Waals surface area contributed by atoms with Crippen molar-refractivity contribution in [2.45, 2.75) is 6.61 Å². The maximum atomic E-state index is 11.0. The molecule has 1 N–H and O–H groups in total. The van der Waals surface area contributed by atoms with E-state index in [2.05, 4.69) is 5.10 Å². The summed E-state index contributed by atoms with van der Waals surface area (Å²) in [6.07, 6.45) is 1.94. The highest BCUT2D eigenvalue weighted by Gasteiger charge is 2.16. The first kappa shape index (κ1) is 14.1. The number of aldehydes is 1. The van der Waals surface area contributed by atoms with Crippen LogP contribution in [0.1, 0.15) is 26.4 Å². The summed E-state index contributed by atoms with van der Waals surface area (Å²) in [7, 11) is 1.63. The van der Waals surface area contributed by atoms with Gasteiger partial charge in [0.2, 0.25) is 0 Å². The summed E-state index contributed by atoms with van der Waals surface area (Å²) < 4.78 is 6.91. The Hall–Kier alpha value is -2.34. The van der Waals surface area contributed by atoms with Gasteiger partial charge in [-0.05, 0) is 18.2 Å². The van der Waals surface area contributed by atoms with E-state index >= 15 is 0 Å². The van der Waals surface area contributed by atoms with E-state index in [0.717, 1.165) is 0 Å². The van der Waals surface area contributed by atoms with Crippen molar-refractivity contribution >= 4 is 23.9 Å². The van der Waals surface area contributed by atoms with Crippen molar-refractivity contribution in [1.29, 1.82) is 0 Å². The van der Waals surface area contributed by atoms with E-state index < -0.39 is 5.97 Å². The number of hydrogen-bond donors (Lipinski definition) is 1. The molecule has 0 bridgehead atoms. The molecular weight excluding hydrogens is 284 g/mol. The van der Waals surface area contributed by atoms with Crippen LogP contribution in [0.4, 0.5) is 0 Å². The van der Waals surface area contributed by atoms with Gasteiger partial charge in [-0.2, -0.15) is 5.10 Å². The topological polar surface area (TPSA) is 81.4 Å². The van der Waals surface area contributed by atoms with Crippen molar-refractivity contribution in [3.05, 3.63) is 46.2 Å². The molecule has 2 aromatic rings. The first-order chi connectivity index (χ1) is 9.52. The van der Waals surface area contributed by atoms with Gasteiger partial charge in [0, 0.05) is 12.6 Å². The van der Waals surface area contributed by atoms with Gasteiger partial charge in [-0.3, -0.25) is 9.48 Å². The summed E-state index contributed by atoms with van der Waals surface area (Å²) in [5, 5.41) is 13.2. The minimum absolute atomic E-state index is 0.0122. The van der Waals surface area contributed by atoms with Crippen LogP contribution in [0.5, 0.6) is 5.75 Å². The molecule has 0 radical (unpaired) electrons. The summed E-state index contributed by atoms with van der Waals surface area (Å²) in [6, 6.07) is 4.60. The Morgan fingerprint density at radius 3 is 2.90 bits per heavy atom. The maximum Gasteiger partial charge on any atom is 0.339 e. The summed E-state index contributed by atoms with van der Waals surface area (Å²) in [4.78, 5) is 21.6. The van der Waals surface area contributed by atoms with E-state index in [9.17, 15) is 9.59 Å². The number of benzene rings is 1. The molecule has 0 fully saturated rings. The molecule has 20 heavy (non-hydrogen) atoms. The van der Waals surface area contributed by atoms with E-state index in [1.165, 1.54) is 16.9 Å². The van der Waals surface area contributed by atoms with Crippen molar-refractivity contribution in [2.75, 3.05) is 0 Å². The van der Waals surface area contributed by atoms with Gasteiger partial charge in [0.15, 0.2) is 0 Å². The Morgan fingerprint density at radius 2 is 2.30 bits per heavy atom. The molecule has 1 aromatic heterocycles. The number of halogens is 1. The Kier molecular flexibility index (Phi) is 4.05. The molecule has 0 atom stereocenters. The predicted molar refractivity (Wildman–Crippen MR) is 71.3 cm³/mol. The van der Waals surface area contributed by atoms with Crippen LogP contribution in [-0.4, -0.2) is 27.1 Å². The highest BCUT2D eigenvalue weighted by molar-refractivity contribution is 6.32. The van der Waals surface area contributed by atoms with Crippen LogP contribution >= 0.6 is 11.6 Å². The van der Waals surface area contributed by atoms with Crippen LogP contribution in [0.25, 0.3) is 0 Å². The smallest absolute Gasteiger partial charge is 0.339 e. The zero-order chi connectivity index (χ0) is 14.7. The molecule has 0 unspecified atom stereocenters. The van der Waals surface area contributed by atoms with Gasteiger partial charge in [0.25, 0.3) is 0 Å². The number of ether oxygens (including phenoxy) is 1. The van der Waals surface area contributed by atoms with E-state index in [1.54, 1.807) is 19.2 Å². The Labute approximate surface area is 119 Å². The average Bonchev–Trinajstić information content (AvgIpc) is 2.78. The summed E-state index contributed by atoms with van der Waals surface area (Å²) in [6.45, 7) is 0.0122. The second-order valence-electron chi connectivity index (χ2n) is 4.03. The van der Waals surface area contributed by atoms with Crippen LogP contribution in [-0.2, 0) is 13.7 Å². The number of carboxylic acids is 1. The second-order valence-corrected chi connectivity index (χ2v) is 4.44. The highest BCUT2D eigenvalue weighted by atomic mass is 35.5. The Balaban J connectivity index is 2.19. The molecule has 0 aliphatic carbocycles. The molecule has 7 heteroatoms. The molecule has 0 aliphatic rings. The van der Waals surface area contributed by atoms with E-state index in [-0.39, 0.29) is 17.2 Å². The lowest BCUT2D eigenvalue weighted by molar-refractivity contribution is 0.0693. The Bertz CT molecular complexity index is 666. The third kappa shape index (κ3) is 2.80. The van der Waals surface area contributed by atoms with Crippen molar-refractivity contribution in [3.63, 3.8) is 0 Å². The van der Waals surface area contributed by atoms with Crippen molar-refractivity contribution < 1.29 is 19.4 Å². The van der Waals surface area contributed by atoms with Gasteiger partial charge < -0.3 is 9.84 Å². The van der Waals surface area contributed by atoms with E-state index in [0.29, 0.717) is 23.3 Å². The SMILES string of the molecule is Cn1ncc(C(=O)O)c1COc1ccc(C=O)cc1Cl. The number of carboxylic acid groups (broad SMARTS) is 1. The van der Waals surface area contributed by atoms with Gasteiger partial charge in [-0.25, -0.2) is 4.79 Å². The minimum atomic E-state index is -1.07. The number of carbonyl (C=O) groups excluding carboxylic acids is 1. The van der Waals surface area contributed by atoms with Crippen LogP contribution < -0.4 is 4.74 Å². The summed E-state index contributed by atoms with van der Waals surface area (Å²) in [5.41, 5.74) is 0.940. The lowest BCUT2D eigenvalue weighted by atomic mass is 10.2. The molecule has 0 saturated carbocycles. The highest BCUT2D eigenvalue weighted by Crippen LogP contribution is 2.26. The van der Waals surface area contributed by atoms with Crippen molar-refractivity contribution in [1.82, 2.24) is 9.78 Å². The maximum absolute atomic E-state index is 11.0. The van der Waals surface area contributed by atoms with Crippen LogP contribution in [0.15, 0.2) is 24.4 Å². The zero-order valence-electron chi connectivity index (χ0n) is 10.5. The first-order valence-electron chi connectivity index (χ1n) is 5.64. The largest absolute Gasteiger partial charge is 0.486 e. The number of aromatic nitrogens is 2. The van der Waals surface area contributed by atoms with E-state index in [4.69, 9.17) is 21.4 Å². The first-order valence-corrected chi connectivity index (χ1v) is 6.02. The molecule has 0 aliphatic heterocycles. The number of hydrogen-bond acceptors (Lipinski definition) is 4. The number of carbonyl (C=O) groups is 2. The van der Waals surface area contributed by atoms with Crippen LogP contribution in [0.3, 0.4) is 0 Å². The molecule has 2 rings (SSSR count). The van der Waals surface area contributed by atoms with Gasteiger partial charge in [-0.15, -0.1) is 0 Å². The van der Waals surface area contributed by atoms with Crippen molar-refractivity contribution in [2.24, 2.45) is 7.05 Å². The third-order valence-electron chi connectivity index (χ3n) is 2.75.